The number of rotatable bonds is 9. The molecule has 0 saturated carbocycles. The number of hydrogen-bond donors (Lipinski definition) is 0. The highest BCUT2D eigenvalue weighted by Gasteiger charge is 2.23. The van der Waals surface area contributed by atoms with Gasteiger partial charge in [-0.3, -0.25) is 0 Å². The van der Waals surface area contributed by atoms with Crippen LogP contribution < -0.4 is 9.64 Å². The van der Waals surface area contributed by atoms with Gasteiger partial charge in [0.2, 0.25) is 5.95 Å². The standard InChI is InChI=1S/C27H30N4O4/c1-5-22-20-13-21(25-15-28-17-35-25)24(33-4)14-23(20)30-26(29-22)31(12-11-18(2)3)27(32)34-16-19-9-7-6-8-10-19/h6-10,13-15,17-18H,5,11-12,16H2,1-4H3. The maximum atomic E-state index is 13.2. The van der Waals surface area contributed by atoms with E-state index in [4.69, 9.17) is 23.9 Å². The lowest BCUT2D eigenvalue weighted by atomic mass is 10.1. The average Bonchev–Trinajstić information content (AvgIpc) is 3.41. The second-order valence-corrected chi connectivity index (χ2v) is 8.63. The summed E-state index contributed by atoms with van der Waals surface area (Å²) in [4.78, 5) is 28.3. The molecule has 4 aromatic rings. The Morgan fingerprint density at radius 2 is 1.94 bits per heavy atom. The van der Waals surface area contributed by atoms with Crippen LogP contribution in [-0.2, 0) is 17.8 Å². The first-order valence-corrected chi connectivity index (χ1v) is 11.8. The lowest BCUT2D eigenvalue weighted by molar-refractivity contribution is 0.146. The van der Waals surface area contributed by atoms with Gasteiger partial charge in [-0.1, -0.05) is 51.1 Å². The molecule has 8 heteroatoms. The third-order valence-corrected chi connectivity index (χ3v) is 5.71. The Bertz CT molecular complexity index is 1270. The summed E-state index contributed by atoms with van der Waals surface area (Å²) in [7, 11) is 1.60. The molecular weight excluding hydrogens is 444 g/mol. The highest BCUT2D eigenvalue weighted by molar-refractivity contribution is 5.92. The lowest BCUT2D eigenvalue weighted by Crippen LogP contribution is -2.34. The van der Waals surface area contributed by atoms with Crippen molar-refractivity contribution < 1.29 is 18.7 Å². The molecule has 0 aliphatic carbocycles. The van der Waals surface area contributed by atoms with Gasteiger partial charge in [0.1, 0.15) is 12.4 Å². The summed E-state index contributed by atoms with van der Waals surface area (Å²) in [5, 5.41) is 0.866. The Balaban J connectivity index is 1.72. The van der Waals surface area contributed by atoms with E-state index in [2.05, 4.69) is 18.8 Å². The molecule has 35 heavy (non-hydrogen) atoms. The molecule has 0 fully saturated rings. The van der Waals surface area contributed by atoms with E-state index in [9.17, 15) is 4.79 Å². The number of carbonyl (C=O) groups is 1. The lowest BCUT2D eigenvalue weighted by Gasteiger charge is -2.22. The third kappa shape index (κ3) is 5.59. The second kappa shape index (κ2) is 11.0. The van der Waals surface area contributed by atoms with E-state index in [1.165, 1.54) is 11.3 Å². The van der Waals surface area contributed by atoms with Gasteiger partial charge in [-0.05, 0) is 30.4 Å². The van der Waals surface area contributed by atoms with E-state index < -0.39 is 6.09 Å². The van der Waals surface area contributed by atoms with Crippen molar-refractivity contribution >= 4 is 22.9 Å². The van der Waals surface area contributed by atoms with Crippen molar-refractivity contribution in [2.45, 2.75) is 40.2 Å². The van der Waals surface area contributed by atoms with Crippen molar-refractivity contribution in [2.75, 3.05) is 18.6 Å². The van der Waals surface area contributed by atoms with Gasteiger partial charge in [0, 0.05) is 18.0 Å². The van der Waals surface area contributed by atoms with Gasteiger partial charge >= 0.3 is 6.09 Å². The number of hydrogen-bond acceptors (Lipinski definition) is 7. The topological polar surface area (TPSA) is 90.6 Å². The quantitative estimate of drug-likeness (QED) is 0.292. The fraction of sp³-hybridized carbons (Fsp3) is 0.333. The number of methoxy groups -OCH3 is 1. The van der Waals surface area contributed by atoms with Crippen molar-refractivity contribution in [1.82, 2.24) is 15.0 Å². The first-order valence-electron chi connectivity index (χ1n) is 11.8. The van der Waals surface area contributed by atoms with E-state index in [-0.39, 0.29) is 6.61 Å². The number of amides is 1. The first kappa shape index (κ1) is 24.2. The van der Waals surface area contributed by atoms with Crippen LogP contribution in [-0.4, -0.2) is 34.7 Å². The monoisotopic (exact) mass is 474 g/mol. The number of anilines is 1. The van der Waals surface area contributed by atoms with Crippen LogP contribution in [0.3, 0.4) is 0 Å². The molecule has 2 heterocycles. The fourth-order valence-electron chi connectivity index (χ4n) is 3.76. The Labute approximate surface area is 204 Å². The van der Waals surface area contributed by atoms with Crippen molar-refractivity contribution in [3.8, 4) is 17.1 Å². The zero-order valence-electron chi connectivity index (χ0n) is 20.5. The molecule has 2 aromatic heterocycles. The number of nitrogens with zero attached hydrogens (tertiary/aromatic N) is 4. The van der Waals surface area contributed by atoms with Crippen LogP contribution >= 0.6 is 0 Å². The molecule has 182 valence electrons. The van der Waals surface area contributed by atoms with Crippen LogP contribution in [0.1, 0.15) is 38.4 Å². The molecule has 2 aromatic carbocycles. The van der Waals surface area contributed by atoms with Crippen molar-refractivity contribution in [2.24, 2.45) is 5.92 Å². The second-order valence-electron chi connectivity index (χ2n) is 8.63. The summed E-state index contributed by atoms with van der Waals surface area (Å²) >= 11 is 0. The number of carbonyl (C=O) groups excluding carboxylic acids is 1. The molecule has 0 aliphatic heterocycles. The highest BCUT2D eigenvalue weighted by Crippen LogP contribution is 2.35. The maximum Gasteiger partial charge on any atom is 0.417 e. The summed E-state index contributed by atoms with van der Waals surface area (Å²) in [6.07, 6.45) is 4.00. The third-order valence-electron chi connectivity index (χ3n) is 5.71. The van der Waals surface area contributed by atoms with E-state index in [1.54, 1.807) is 13.3 Å². The summed E-state index contributed by atoms with van der Waals surface area (Å²) in [5.41, 5.74) is 3.18. The first-order chi connectivity index (χ1) is 17.0. The molecule has 0 atom stereocenters. The predicted molar refractivity (Wildman–Crippen MR) is 134 cm³/mol. The Morgan fingerprint density at radius 3 is 2.60 bits per heavy atom. The molecule has 0 saturated heterocycles. The average molecular weight is 475 g/mol. The molecule has 4 rings (SSSR count). The van der Waals surface area contributed by atoms with Crippen molar-refractivity contribution in [3.05, 3.63) is 66.3 Å². The van der Waals surface area contributed by atoms with Crippen molar-refractivity contribution in [3.63, 3.8) is 0 Å². The van der Waals surface area contributed by atoms with Gasteiger partial charge in [-0.2, -0.15) is 0 Å². The van der Waals surface area contributed by atoms with Gasteiger partial charge in [-0.25, -0.2) is 24.6 Å². The number of oxazole rings is 1. The largest absolute Gasteiger partial charge is 0.496 e. The van der Waals surface area contributed by atoms with Gasteiger partial charge < -0.3 is 13.9 Å². The zero-order valence-corrected chi connectivity index (χ0v) is 20.5. The Hall–Kier alpha value is -3.94. The van der Waals surface area contributed by atoms with Crippen molar-refractivity contribution in [1.29, 1.82) is 0 Å². The van der Waals surface area contributed by atoms with E-state index in [0.717, 1.165) is 28.6 Å². The summed E-state index contributed by atoms with van der Waals surface area (Å²) in [6.45, 7) is 6.88. The number of aromatic nitrogens is 3. The predicted octanol–water partition coefficient (Wildman–Crippen LogP) is 6.05. The molecule has 0 unspecified atom stereocenters. The van der Waals surface area contributed by atoms with Crippen LogP contribution in [0.4, 0.5) is 10.7 Å². The number of ether oxygens (including phenoxy) is 2. The van der Waals surface area contributed by atoms with Gasteiger partial charge in [0.25, 0.3) is 0 Å². The number of aryl methyl sites for hydroxylation is 1. The van der Waals surface area contributed by atoms with Crippen LogP contribution in [0.25, 0.3) is 22.2 Å². The Kier molecular flexibility index (Phi) is 7.60. The molecule has 0 spiro atoms. The van der Waals surface area contributed by atoms with Crippen LogP contribution in [0, 0.1) is 5.92 Å². The van der Waals surface area contributed by atoms with Crippen LogP contribution in [0.2, 0.25) is 0 Å². The van der Waals surface area contributed by atoms with E-state index >= 15 is 0 Å². The highest BCUT2D eigenvalue weighted by atomic mass is 16.6. The summed E-state index contributed by atoms with van der Waals surface area (Å²) < 4.78 is 16.7. The van der Waals surface area contributed by atoms with Crippen LogP contribution in [0.15, 0.2) is 59.5 Å². The van der Waals surface area contributed by atoms with Crippen LogP contribution in [0.5, 0.6) is 5.75 Å². The van der Waals surface area contributed by atoms with E-state index in [0.29, 0.717) is 41.9 Å². The molecule has 0 bridgehead atoms. The fourth-order valence-corrected chi connectivity index (χ4v) is 3.76. The summed E-state index contributed by atoms with van der Waals surface area (Å²) in [5.74, 6) is 1.91. The minimum absolute atomic E-state index is 0.181. The summed E-state index contributed by atoms with van der Waals surface area (Å²) in [6, 6.07) is 13.4. The molecular formula is C27H30N4O4. The minimum atomic E-state index is -0.471. The van der Waals surface area contributed by atoms with Gasteiger partial charge in [0.05, 0.1) is 30.1 Å². The van der Waals surface area contributed by atoms with Gasteiger partial charge in [0.15, 0.2) is 12.2 Å². The zero-order chi connectivity index (χ0) is 24.8. The Morgan fingerprint density at radius 1 is 1.14 bits per heavy atom. The SMILES string of the molecule is CCc1nc(N(CCC(C)C)C(=O)OCc2ccccc2)nc2cc(OC)c(-c3cnco3)cc12. The number of benzene rings is 2. The maximum absolute atomic E-state index is 13.2. The smallest absolute Gasteiger partial charge is 0.417 e. The number of fused-ring (bicyclic) bond motifs is 1. The van der Waals surface area contributed by atoms with Gasteiger partial charge in [-0.15, -0.1) is 0 Å². The molecule has 0 aliphatic rings. The van der Waals surface area contributed by atoms with E-state index in [1.807, 2.05) is 49.4 Å². The molecule has 8 nitrogen and oxygen atoms in total. The molecule has 1 amide bonds. The molecule has 0 radical (unpaired) electrons. The minimum Gasteiger partial charge on any atom is -0.496 e. The normalized spacial score (nSPS) is 11.1. The molecule has 0 N–H and O–H groups in total.